The predicted octanol–water partition coefficient (Wildman–Crippen LogP) is 3.90. The highest BCUT2D eigenvalue weighted by Crippen LogP contribution is 2.28. The second kappa shape index (κ2) is 3.82. The van der Waals surface area contributed by atoms with Gasteiger partial charge in [-0.05, 0) is 24.3 Å². The Morgan fingerprint density at radius 1 is 1.00 bits per heavy atom. The molecule has 2 aromatic carbocycles. The minimum atomic E-state index is 0.0434. The van der Waals surface area contributed by atoms with E-state index < -0.39 is 0 Å². The molecule has 0 aliphatic heterocycles. The monoisotopic (exact) mass is 308 g/mol. The van der Waals surface area contributed by atoms with E-state index >= 15 is 0 Å². The second-order valence-electron chi connectivity index (χ2n) is 3.65. The van der Waals surface area contributed by atoms with Gasteiger partial charge < -0.3 is 5.11 Å². The minimum Gasteiger partial charge on any atom is -0.506 e. The third-order valence-corrected chi connectivity index (χ3v) is 3.16. The first kappa shape index (κ1) is 10.7. The van der Waals surface area contributed by atoms with Crippen molar-refractivity contribution < 1.29 is 5.11 Å². The molecule has 3 aromatic rings. The zero-order valence-corrected chi connectivity index (χ0v) is 10.8. The molecule has 0 amide bonds. The summed E-state index contributed by atoms with van der Waals surface area (Å²) in [5.41, 5.74) is 2.54. The lowest BCUT2D eigenvalue weighted by Gasteiger charge is -2.03. The van der Waals surface area contributed by atoms with Crippen LogP contribution in [0, 0.1) is 0 Å². The first-order valence-electron chi connectivity index (χ1n) is 4.89. The standard InChI is InChI=1S/C12H6BrClN2O/c13-6-1-2-8-9(3-6)16-12-10(15-8)4-7(14)5-11(12)17/h1-5,17H. The molecule has 1 aromatic heterocycles. The molecule has 17 heavy (non-hydrogen) atoms. The van der Waals surface area contributed by atoms with Crippen LogP contribution in [0.2, 0.25) is 5.02 Å². The number of fused-ring (bicyclic) bond motifs is 2. The van der Waals surface area contributed by atoms with E-state index in [2.05, 4.69) is 25.9 Å². The Hall–Kier alpha value is -1.39. The summed E-state index contributed by atoms with van der Waals surface area (Å²) in [6, 6.07) is 8.76. The fraction of sp³-hybridized carbons (Fsp3) is 0. The number of aromatic hydroxyl groups is 1. The van der Waals surface area contributed by atoms with Crippen LogP contribution in [-0.2, 0) is 0 Å². The zero-order valence-electron chi connectivity index (χ0n) is 8.48. The van der Waals surface area contributed by atoms with E-state index in [1.165, 1.54) is 6.07 Å². The summed E-state index contributed by atoms with van der Waals surface area (Å²) in [6.07, 6.45) is 0. The maximum Gasteiger partial charge on any atom is 0.144 e. The molecule has 3 nitrogen and oxygen atoms in total. The SMILES string of the molecule is Oc1cc(Cl)cc2nc3ccc(Br)cc3nc12. The van der Waals surface area contributed by atoms with Gasteiger partial charge in [-0.25, -0.2) is 9.97 Å². The van der Waals surface area contributed by atoms with E-state index in [0.29, 0.717) is 16.1 Å². The molecule has 0 aliphatic rings. The molecule has 0 aliphatic carbocycles. The number of aromatic nitrogens is 2. The number of hydrogen-bond donors (Lipinski definition) is 1. The van der Waals surface area contributed by atoms with Crippen molar-refractivity contribution in [2.45, 2.75) is 0 Å². The normalized spacial score (nSPS) is 11.2. The topological polar surface area (TPSA) is 46.0 Å². The highest BCUT2D eigenvalue weighted by molar-refractivity contribution is 9.10. The van der Waals surface area contributed by atoms with Crippen LogP contribution in [0.15, 0.2) is 34.8 Å². The molecule has 3 rings (SSSR count). The van der Waals surface area contributed by atoms with Gasteiger partial charge in [-0.3, -0.25) is 0 Å². The van der Waals surface area contributed by atoms with E-state index in [0.717, 1.165) is 15.5 Å². The van der Waals surface area contributed by atoms with E-state index in [9.17, 15) is 5.11 Å². The third-order valence-electron chi connectivity index (χ3n) is 2.45. The van der Waals surface area contributed by atoms with Gasteiger partial charge >= 0.3 is 0 Å². The Labute approximate surface area is 110 Å². The number of benzene rings is 2. The lowest BCUT2D eigenvalue weighted by Crippen LogP contribution is -1.88. The Morgan fingerprint density at radius 3 is 2.65 bits per heavy atom. The van der Waals surface area contributed by atoms with Gasteiger partial charge in [-0.1, -0.05) is 27.5 Å². The van der Waals surface area contributed by atoms with Crippen molar-refractivity contribution in [1.29, 1.82) is 0 Å². The van der Waals surface area contributed by atoms with Crippen molar-refractivity contribution in [2.24, 2.45) is 0 Å². The molecule has 0 saturated heterocycles. The van der Waals surface area contributed by atoms with Crippen molar-refractivity contribution in [1.82, 2.24) is 9.97 Å². The summed E-state index contributed by atoms with van der Waals surface area (Å²) in [4.78, 5) is 8.79. The van der Waals surface area contributed by atoms with Gasteiger partial charge in [0, 0.05) is 15.6 Å². The van der Waals surface area contributed by atoms with Crippen molar-refractivity contribution in [2.75, 3.05) is 0 Å². The van der Waals surface area contributed by atoms with Gasteiger partial charge in [0.15, 0.2) is 0 Å². The highest BCUT2D eigenvalue weighted by Gasteiger charge is 2.07. The first-order chi connectivity index (χ1) is 8.13. The van der Waals surface area contributed by atoms with Crippen LogP contribution in [0.5, 0.6) is 5.75 Å². The van der Waals surface area contributed by atoms with Crippen molar-refractivity contribution >= 4 is 49.6 Å². The van der Waals surface area contributed by atoms with Gasteiger partial charge in [0.25, 0.3) is 0 Å². The number of phenols is 1. The largest absolute Gasteiger partial charge is 0.506 e. The molecule has 84 valence electrons. The van der Waals surface area contributed by atoms with Gasteiger partial charge in [0.05, 0.1) is 16.6 Å². The van der Waals surface area contributed by atoms with Crippen LogP contribution in [0.25, 0.3) is 22.1 Å². The van der Waals surface area contributed by atoms with Gasteiger partial charge in [-0.2, -0.15) is 0 Å². The first-order valence-corrected chi connectivity index (χ1v) is 6.06. The van der Waals surface area contributed by atoms with Crippen LogP contribution in [0.1, 0.15) is 0 Å². The van der Waals surface area contributed by atoms with Crippen LogP contribution in [-0.4, -0.2) is 15.1 Å². The molecular formula is C12H6BrClN2O. The van der Waals surface area contributed by atoms with Crippen molar-refractivity contribution in [3.63, 3.8) is 0 Å². The predicted molar refractivity (Wildman–Crippen MR) is 71.4 cm³/mol. The number of phenolic OH excluding ortho intramolecular Hbond substituents is 1. The Morgan fingerprint density at radius 2 is 1.82 bits per heavy atom. The summed E-state index contributed by atoms with van der Waals surface area (Å²) in [7, 11) is 0. The summed E-state index contributed by atoms with van der Waals surface area (Å²) in [6.45, 7) is 0. The smallest absolute Gasteiger partial charge is 0.144 e. The Kier molecular flexibility index (Phi) is 2.42. The molecular weight excluding hydrogens is 304 g/mol. The van der Waals surface area contributed by atoms with Crippen LogP contribution in [0.3, 0.4) is 0 Å². The Balaban J connectivity index is 2.48. The summed E-state index contributed by atoms with van der Waals surface area (Å²) in [5, 5.41) is 10.2. The molecule has 0 spiro atoms. The lowest BCUT2D eigenvalue weighted by molar-refractivity contribution is 0.480. The summed E-state index contributed by atoms with van der Waals surface area (Å²) in [5.74, 6) is 0.0434. The fourth-order valence-electron chi connectivity index (χ4n) is 1.70. The number of halogens is 2. The maximum atomic E-state index is 9.78. The fourth-order valence-corrected chi connectivity index (χ4v) is 2.26. The maximum absolute atomic E-state index is 9.78. The third kappa shape index (κ3) is 1.83. The molecule has 0 fully saturated rings. The quantitative estimate of drug-likeness (QED) is 0.641. The van der Waals surface area contributed by atoms with Crippen molar-refractivity contribution in [3.8, 4) is 5.75 Å². The molecule has 1 N–H and O–H groups in total. The lowest BCUT2D eigenvalue weighted by atomic mass is 10.2. The zero-order chi connectivity index (χ0) is 12.0. The van der Waals surface area contributed by atoms with Crippen molar-refractivity contribution in [3.05, 3.63) is 39.8 Å². The molecule has 0 atom stereocenters. The van der Waals surface area contributed by atoms with Crippen LogP contribution in [0.4, 0.5) is 0 Å². The number of hydrogen-bond acceptors (Lipinski definition) is 3. The molecule has 1 heterocycles. The summed E-state index contributed by atoms with van der Waals surface area (Å²) < 4.78 is 0.923. The molecule has 5 heteroatoms. The number of rotatable bonds is 0. The van der Waals surface area contributed by atoms with E-state index in [4.69, 9.17) is 11.6 Å². The van der Waals surface area contributed by atoms with Gasteiger partial charge in [-0.15, -0.1) is 0 Å². The molecule has 0 radical (unpaired) electrons. The van der Waals surface area contributed by atoms with E-state index in [-0.39, 0.29) is 5.75 Å². The average molecular weight is 310 g/mol. The van der Waals surface area contributed by atoms with E-state index in [1.54, 1.807) is 6.07 Å². The highest BCUT2D eigenvalue weighted by atomic mass is 79.9. The number of nitrogens with zero attached hydrogens (tertiary/aromatic N) is 2. The molecule has 0 saturated carbocycles. The van der Waals surface area contributed by atoms with Gasteiger partial charge in [0.1, 0.15) is 11.3 Å². The van der Waals surface area contributed by atoms with Crippen LogP contribution >= 0.6 is 27.5 Å². The molecule has 0 unspecified atom stereocenters. The minimum absolute atomic E-state index is 0.0434. The Bertz CT molecular complexity index is 745. The molecule has 0 bridgehead atoms. The average Bonchev–Trinajstić information content (AvgIpc) is 2.27. The van der Waals surface area contributed by atoms with Gasteiger partial charge in [0.2, 0.25) is 0 Å². The van der Waals surface area contributed by atoms with Crippen LogP contribution < -0.4 is 0 Å². The van der Waals surface area contributed by atoms with E-state index in [1.807, 2.05) is 18.2 Å². The second-order valence-corrected chi connectivity index (χ2v) is 5.00. The summed E-state index contributed by atoms with van der Waals surface area (Å²) >= 11 is 9.24.